The first-order valence-corrected chi connectivity index (χ1v) is 7.83. The summed E-state index contributed by atoms with van der Waals surface area (Å²) in [5.41, 5.74) is 1.11. The third-order valence-electron chi connectivity index (χ3n) is 3.16. The zero-order chi connectivity index (χ0) is 17.9. The second kappa shape index (κ2) is 7.37. The van der Waals surface area contributed by atoms with E-state index in [1.54, 1.807) is 24.3 Å². The predicted molar refractivity (Wildman–Crippen MR) is 90.5 cm³/mol. The number of thiocarbonyl (C=S) groups is 1. The summed E-state index contributed by atoms with van der Waals surface area (Å²) in [5, 5.41) is 18.0. The number of nitrogens with zero attached hydrogens (tertiary/aromatic N) is 1. The number of rotatable bonds is 6. The van der Waals surface area contributed by atoms with Crippen molar-refractivity contribution in [1.29, 1.82) is 0 Å². The van der Waals surface area contributed by atoms with Crippen LogP contribution in [0.2, 0.25) is 0 Å². The Bertz CT molecular complexity index is 756. The van der Waals surface area contributed by atoms with Crippen LogP contribution in [0.4, 0.5) is 0 Å². The van der Waals surface area contributed by atoms with E-state index in [0.29, 0.717) is 17.4 Å². The highest BCUT2D eigenvalue weighted by Gasteiger charge is 2.41. The van der Waals surface area contributed by atoms with Gasteiger partial charge in [-0.15, -0.1) is 0 Å². The number of hydrogen-bond acceptors (Lipinski definition) is 6. The van der Waals surface area contributed by atoms with Crippen molar-refractivity contribution in [2.75, 3.05) is 0 Å². The zero-order valence-electron chi connectivity index (χ0n) is 12.0. The van der Waals surface area contributed by atoms with E-state index in [1.165, 1.54) is 6.08 Å². The lowest BCUT2D eigenvalue weighted by Gasteiger charge is -2.21. The molecule has 0 spiro atoms. The molecule has 24 heavy (non-hydrogen) atoms. The molecule has 1 fully saturated rings. The molecule has 0 bridgehead atoms. The van der Waals surface area contributed by atoms with Crippen LogP contribution in [0.1, 0.15) is 22.3 Å². The molecule has 1 aromatic carbocycles. The molecule has 1 amide bonds. The smallest absolute Gasteiger partial charge is 0.327 e. The van der Waals surface area contributed by atoms with Gasteiger partial charge in [0.15, 0.2) is 0 Å². The van der Waals surface area contributed by atoms with Gasteiger partial charge in [0.1, 0.15) is 16.6 Å². The number of amides is 1. The maximum Gasteiger partial charge on any atom is 0.327 e. The molecule has 1 atom stereocenters. The van der Waals surface area contributed by atoms with Crippen molar-refractivity contribution in [1.82, 2.24) is 4.90 Å². The van der Waals surface area contributed by atoms with E-state index in [-0.39, 0.29) is 9.23 Å². The number of hydrogen-bond donors (Lipinski definition) is 2. The largest absolute Gasteiger partial charge is 0.481 e. The first kappa shape index (κ1) is 17.8. The standard InChI is InChI=1S/C15H11NO6S2/c17-7-9-3-1-8(2-4-9)5-11-13(20)16(15(23)24-11)10(14(21)22)6-12(18)19/h1-5,7,10H,6H2,(H,18,19)(H,21,22)/b11-5-. The maximum absolute atomic E-state index is 12.4. The Hall–Kier alpha value is -2.52. The molecule has 2 N–H and O–H groups in total. The molecule has 7 nitrogen and oxygen atoms in total. The SMILES string of the molecule is O=Cc1ccc(/C=C2\SC(=S)N(C(CC(=O)O)C(=O)O)C2=O)cc1. The number of benzene rings is 1. The van der Waals surface area contributed by atoms with Crippen LogP contribution in [-0.2, 0) is 14.4 Å². The van der Waals surface area contributed by atoms with Gasteiger partial charge in [-0.05, 0) is 11.6 Å². The highest BCUT2D eigenvalue weighted by atomic mass is 32.2. The van der Waals surface area contributed by atoms with Gasteiger partial charge in [-0.25, -0.2) is 4.79 Å². The van der Waals surface area contributed by atoms with Crippen molar-refractivity contribution in [2.45, 2.75) is 12.5 Å². The summed E-state index contributed by atoms with van der Waals surface area (Å²) in [6, 6.07) is 4.84. The molecular weight excluding hydrogens is 354 g/mol. The van der Waals surface area contributed by atoms with Crippen molar-refractivity contribution in [3.63, 3.8) is 0 Å². The Balaban J connectivity index is 2.29. The van der Waals surface area contributed by atoms with Crippen molar-refractivity contribution in [3.8, 4) is 0 Å². The number of aldehydes is 1. The maximum atomic E-state index is 12.4. The number of carbonyl (C=O) groups is 4. The van der Waals surface area contributed by atoms with E-state index in [4.69, 9.17) is 17.3 Å². The summed E-state index contributed by atoms with van der Waals surface area (Å²) in [7, 11) is 0. The fourth-order valence-electron chi connectivity index (χ4n) is 2.03. The molecule has 0 saturated carbocycles. The third-order valence-corrected chi connectivity index (χ3v) is 4.49. The van der Waals surface area contributed by atoms with Crippen LogP contribution in [0, 0.1) is 0 Å². The second-order valence-corrected chi connectivity index (χ2v) is 6.46. The fraction of sp³-hybridized carbons (Fsp3) is 0.133. The van der Waals surface area contributed by atoms with Crippen LogP contribution in [0.15, 0.2) is 29.2 Å². The monoisotopic (exact) mass is 365 g/mol. The number of carbonyl (C=O) groups excluding carboxylic acids is 2. The van der Waals surface area contributed by atoms with Gasteiger partial charge in [-0.3, -0.25) is 19.3 Å². The summed E-state index contributed by atoms with van der Waals surface area (Å²) in [5.74, 6) is -3.44. The molecular formula is C15H11NO6S2. The average molecular weight is 365 g/mol. The average Bonchev–Trinajstić information content (AvgIpc) is 2.79. The van der Waals surface area contributed by atoms with Crippen LogP contribution in [0.3, 0.4) is 0 Å². The molecule has 124 valence electrons. The lowest BCUT2D eigenvalue weighted by atomic mass is 10.1. The van der Waals surface area contributed by atoms with Crippen molar-refractivity contribution in [3.05, 3.63) is 40.3 Å². The van der Waals surface area contributed by atoms with Crippen LogP contribution < -0.4 is 0 Å². The van der Waals surface area contributed by atoms with Crippen molar-refractivity contribution >= 4 is 58.5 Å². The van der Waals surface area contributed by atoms with Crippen molar-refractivity contribution < 1.29 is 29.4 Å². The Labute approximate surface area is 145 Å². The van der Waals surface area contributed by atoms with E-state index in [0.717, 1.165) is 16.7 Å². The molecule has 1 unspecified atom stereocenters. The van der Waals surface area contributed by atoms with E-state index >= 15 is 0 Å². The lowest BCUT2D eigenvalue weighted by Crippen LogP contribution is -2.45. The Morgan fingerprint density at radius 3 is 2.29 bits per heavy atom. The minimum atomic E-state index is -1.56. The topological polar surface area (TPSA) is 112 Å². The molecule has 2 rings (SSSR count). The first-order valence-electron chi connectivity index (χ1n) is 6.60. The van der Waals surface area contributed by atoms with Gasteiger partial charge in [0.25, 0.3) is 5.91 Å². The van der Waals surface area contributed by atoms with Crippen LogP contribution in [0.25, 0.3) is 6.08 Å². The molecule has 1 heterocycles. The first-order chi connectivity index (χ1) is 11.3. The zero-order valence-corrected chi connectivity index (χ0v) is 13.7. The highest BCUT2D eigenvalue weighted by Crippen LogP contribution is 2.34. The predicted octanol–water partition coefficient (Wildman–Crippen LogP) is 1.63. The van der Waals surface area contributed by atoms with Crippen LogP contribution >= 0.6 is 24.0 Å². The van der Waals surface area contributed by atoms with E-state index in [1.807, 2.05) is 0 Å². The molecule has 1 aliphatic rings. The quantitative estimate of drug-likeness (QED) is 0.444. The van der Waals surface area contributed by atoms with Crippen molar-refractivity contribution in [2.24, 2.45) is 0 Å². The normalized spacial score (nSPS) is 17.2. The van der Waals surface area contributed by atoms with Gasteiger partial charge >= 0.3 is 11.9 Å². The molecule has 1 aromatic rings. The number of carboxylic acids is 2. The number of thioether (sulfide) groups is 1. The molecule has 1 saturated heterocycles. The Kier molecular flexibility index (Phi) is 5.47. The molecule has 9 heteroatoms. The summed E-state index contributed by atoms with van der Waals surface area (Å²) in [4.78, 5) is 46.1. The van der Waals surface area contributed by atoms with E-state index in [9.17, 15) is 24.3 Å². The second-order valence-electron chi connectivity index (χ2n) is 4.79. The van der Waals surface area contributed by atoms with Crippen LogP contribution in [0.5, 0.6) is 0 Å². The third kappa shape index (κ3) is 3.87. The van der Waals surface area contributed by atoms with Gasteiger partial charge in [0.05, 0.1) is 11.3 Å². The van der Waals surface area contributed by atoms with Gasteiger partial charge in [0.2, 0.25) is 0 Å². The summed E-state index contributed by atoms with van der Waals surface area (Å²) in [6.07, 6.45) is 1.45. The Morgan fingerprint density at radius 1 is 1.21 bits per heavy atom. The number of aliphatic carboxylic acids is 2. The van der Waals surface area contributed by atoms with Gasteiger partial charge in [-0.1, -0.05) is 48.2 Å². The van der Waals surface area contributed by atoms with Crippen LogP contribution in [-0.4, -0.2) is 49.6 Å². The minimum absolute atomic E-state index is 0.00980. The molecule has 0 aliphatic carbocycles. The molecule has 1 aliphatic heterocycles. The number of carboxylic acid groups (broad SMARTS) is 2. The Morgan fingerprint density at radius 2 is 1.79 bits per heavy atom. The summed E-state index contributed by atoms with van der Waals surface area (Å²) >= 11 is 5.93. The van der Waals surface area contributed by atoms with Gasteiger partial charge in [-0.2, -0.15) is 0 Å². The van der Waals surface area contributed by atoms with Gasteiger partial charge < -0.3 is 10.2 Å². The summed E-state index contributed by atoms with van der Waals surface area (Å²) < 4.78 is -0.00980. The minimum Gasteiger partial charge on any atom is -0.481 e. The fourth-order valence-corrected chi connectivity index (χ4v) is 3.38. The summed E-state index contributed by atoms with van der Waals surface area (Å²) in [6.45, 7) is 0. The van der Waals surface area contributed by atoms with E-state index in [2.05, 4.69) is 0 Å². The lowest BCUT2D eigenvalue weighted by molar-refractivity contribution is -0.150. The highest BCUT2D eigenvalue weighted by molar-refractivity contribution is 8.26. The molecule has 0 aromatic heterocycles. The van der Waals surface area contributed by atoms with E-state index < -0.39 is 30.3 Å². The molecule has 0 radical (unpaired) electrons. The van der Waals surface area contributed by atoms with Gasteiger partial charge in [0, 0.05) is 5.56 Å².